The molecule has 4 heterocycles. The zero-order valence-corrected chi connectivity index (χ0v) is 27.7. The second kappa shape index (κ2) is 14.6. The molecule has 49 heavy (non-hydrogen) atoms. The number of ether oxygens (including phenoxy) is 2. The van der Waals surface area contributed by atoms with Gasteiger partial charge < -0.3 is 39.9 Å². The van der Waals surface area contributed by atoms with Gasteiger partial charge in [-0.15, -0.1) is 0 Å². The predicted molar refractivity (Wildman–Crippen MR) is 180 cm³/mol. The number of methoxy groups -OCH3 is 2. The van der Waals surface area contributed by atoms with E-state index < -0.39 is 12.2 Å². The van der Waals surface area contributed by atoms with Gasteiger partial charge >= 0.3 is 12.2 Å². The molecular formula is C35H40N8O6. The molecule has 2 saturated heterocycles. The van der Waals surface area contributed by atoms with Crippen molar-refractivity contribution in [1.82, 2.24) is 40.4 Å². The molecule has 0 radical (unpaired) electrons. The Labute approximate surface area is 283 Å². The number of likely N-dealkylation sites (tertiary alicyclic amines) is 2. The maximum absolute atomic E-state index is 12.9. The summed E-state index contributed by atoms with van der Waals surface area (Å²) in [5.74, 6) is 1.08. The third kappa shape index (κ3) is 7.27. The molecule has 4 amide bonds. The average molecular weight is 669 g/mol. The lowest BCUT2D eigenvalue weighted by atomic mass is 10.0. The molecule has 2 aliphatic rings. The Kier molecular flexibility index (Phi) is 9.92. The number of imidazole rings is 2. The number of amides is 4. The highest BCUT2D eigenvalue weighted by atomic mass is 16.5. The van der Waals surface area contributed by atoms with Crippen LogP contribution in [0.3, 0.4) is 0 Å². The highest BCUT2D eigenvalue weighted by Gasteiger charge is 2.37. The molecule has 0 bridgehead atoms. The van der Waals surface area contributed by atoms with E-state index in [1.54, 1.807) is 22.2 Å². The monoisotopic (exact) mass is 668 g/mol. The van der Waals surface area contributed by atoms with E-state index in [0.29, 0.717) is 6.54 Å². The summed E-state index contributed by atoms with van der Waals surface area (Å²) in [5, 5.41) is 4.93. The predicted octanol–water partition coefficient (Wildman–Crippen LogP) is 4.56. The summed E-state index contributed by atoms with van der Waals surface area (Å²) < 4.78 is 9.15. The van der Waals surface area contributed by atoms with Crippen LogP contribution in [0.15, 0.2) is 60.9 Å². The van der Waals surface area contributed by atoms with Crippen molar-refractivity contribution in [3.8, 4) is 33.6 Å². The van der Waals surface area contributed by atoms with E-state index in [9.17, 15) is 19.2 Å². The highest BCUT2D eigenvalue weighted by molar-refractivity contribution is 5.83. The van der Waals surface area contributed by atoms with Crippen LogP contribution in [0.25, 0.3) is 33.6 Å². The lowest BCUT2D eigenvalue weighted by Crippen LogP contribution is -2.43. The van der Waals surface area contributed by atoms with E-state index in [1.807, 2.05) is 31.2 Å². The second-order valence-electron chi connectivity index (χ2n) is 12.2. The molecule has 3 atom stereocenters. The van der Waals surface area contributed by atoms with Crippen LogP contribution in [-0.4, -0.2) is 93.6 Å². The molecule has 14 nitrogen and oxygen atoms in total. The third-order valence-electron chi connectivity index (χ3n) is 9.22. The van der Waals surface area contributed by atoms with Gasteiger partial charge in [0.25, 0.3) is 0 Å². The Morgan fingerprint density at radius 3 is 1.73 bits per heavy atom. The molecule has 2 aromatic heterocycles. The van der Waals surface area contributed by atoms with E-state index >= 15 is 0 Å². The quantitative estimate of drug-likeness (QED) is 0.201. The van der Waals surface area contributed by atoms with Gasteiger partial charge in [0.05, 0.1) is 50.1 Å². The number of hydrogen-bond donors (Lipinski definition) is 4. The summed E-state index contributed by atoms with van der Waals surface area (Å²) >= 11 is 0. The Balaban J connectivity index is 1.09. The number of nitrogens with one attached hydrogen (secondary N) is 4. The SMILES string of the molecule is COC(=O)NCC(=O)N1CCCC1c1ncc(-c2ccc(-c3ccc(-c4cnc(C5CC[C@H](C)N5C(=O)CNC(=O)OC)[nH]4)cc3)cc2)[nH]1. The van der Waals surface area contributed by atoms with Gasteiger partial charge in [-0.05, 0) is 54.9 Å². The fourth-order valence-electron chi connectivity index (χ4n) is 6.64. The first-order chi connectivity index (χ1) is 23.7. The number of aromatic amines is 2. The van der Waals surface area contributed by atoms with Crippen molar-refractivity contribution in [2.24, 2.45) is 0 Å². The zero-order chi connectivity index (χ0) is 34.5. The molecule has 0 spiro atoms. The summed E-state index contributed by atoms with van der Waals surface area (Å²) in [6.07, 6.45) is 5.57. The van der Waals surface area contributed by atoms with Gasteiger partial charge in [0.15, 0.2) is 0 Å². The van der Waals surface area contributed by atoms with Gasteiger partial charge in [-0.3, -0.25) is 9.59 Å². The minimum Gasteiger partial charge on any atom is -0.453 e. The average Bonchev–Trinajstić information content (AvgIpc) is 3.96. The normalized spacial score (nSPS) is 18.7. The van der Waals surface area contributed by atoms with E-state index in [2.05, 4.69) is 64.3 Å². The van der Waals surface area contributed by atoms with E-state index in [0.717, 1.165) is 71.0 Å². The van der Waals surface area contributed by atoms with E-state index in [4.69, 9.17) is 0 Å². The Bertz CT molecular complexity index is 1800. The molecule has 0 saturated carbocycles. The van der Waals surface area contributed by atoms with Crippen LogP contribution in [0.5, 0.6) is 0 Å². The Morgan fingerprint density at radius 2 is 1.20 bits per heavy atom. The maximum Gasteiger partial charge on any atom is 0.407 e. The van der Waals surface area contributed by atoms with Crippen molar-refractivity contribution in [2.45, 2.75) is 50.7 Å². The first-order valence-corrected chi connectivity index (χ1v) is 16.3. The maximum atomic E-state index is 12.9. The van der Waals surface area contributed by atoms with E-state index in [1.165, 1.54) is 14.2 Å². The minimum absolute atomic E-state index is 0.0305. The van der Waals surface area contributed by atoms with Crippen molar-refractivity contribution < 1.29 is 28.7 Å². The molecule has 2 fully saturated rings. The number of alkyl carbamates (subject to hydrolysis) is 2. The van der Waals surface area contributed by atoms with Crippen LogP contribution in [0.2, 0.25) is 0 Å². The van der Waals surface area contributed by atoms with Crippen molar-refractivity contribution in [2.75, 3.05) is 33.9 Å². The van der Waals surface area contributed by atoms with E-state index in [-0.39, 0.29) is 43.0 Å². The number of H-pyrrole nitrogens is 2. The fourth-order valence-corrected chi connectivity index (χ4v) is 6.64. The standard InChI is InChI=1S/C35H40N8O6/c1-21-6-15-29(43(21)31(45)20-39-35(47)49-3)33-37-18-27(41-33)25-13-9-23(10-14-25)22-7-11-24(12-8-22)26-17-36-32(40-26)28-5-4-16-42(28)30(44)19-38-34(46)48-2/h7-14,17-18,21,28-29H,4-6,15-16,19-20H2,1-3H3,(H,36,40)(H,37,41)(H,38,46)(H,39,47)/t21-,28?,29?/m0/s1. The van der Waals surface area contributed by atoms with Crippen LogP contribution in [0.1, 0.15) is 56.3 Å². The van der Waals surface area contributed by atoms with Gasteiger partial charge in [-0.1, -0.05) is 48.5 Å². The van der Waals surface area contributed by atoms with Gasteiger partial charge in [0.1, 0.15) is 24.7 Å². The number of rotatable bonds is 9. The first kappa shape index (κ1) is 33.2. The van der Waals surface area contributed by atoms with Crippen LogP contribution >= 0.6 is 0 Å². The van der Waals surface area contributed by atoms with Gasteiger partial charge in [-0.2, -0.15) is 0 Å². The molecule has 2 aliphatic heterocycles. The zero-order valence-electron chi connectivity index (χ0n) is 27.7. The van der Waals surface area contributed by atoms with Crippen LogP contribution in [0, 0.1) is 0 Å². The lowest BCUT2D eigenvalue weighted by molar-refractivity contribution is -0.133. The number of nitrogens with zero attached hydrogens (tertiary/aromatic N) is 4. The Morgan fingerprint density at radius 1 is 0.714 bits per heavy atom. The van der Waals surface area contributed by atoms with Gasteiger partial charge in [-0.25, -0.2) is 19.6 Å². The third-order valence-corrected chi connectivity index (χ3v) is 9.22. The van der Waals surface area contributed by atoms with Crippen LogP contribution in [0.4, 0.5) is 9.59 Å². The smallest absolute Gasteiger partial charge is 0.407 e. The second-order valence-corrected chi connectivity index (χ2v) is 12.2. The van der Waals surface area contributed by atoms with Crippen molar-refractivity contribution in [3.63, 3.8) is 0 Å². The molecule has 2 unspecified atom stereocenters. The molecule has 4 aromatic rings. The fraction of sp³-hybridized carbons (Fsp3) is 0.371. The highest BCUT2D eigenvalue weighted by Crippen LogP contribution is 2.36. The summed E-state index contributed by atoms with van der Waals surface area (Å²) in [7, 11) is 2.53. The molecule has 0 aliphatic carbocycles. The summed E-state index contributed by atoms with van der Waals surface area (Å²) in [5.41, 5.74) is 5.77. The number of aromatic nitrogens is 4. The largest absolute Gasteiger partial charge is 0.453 e. The summed E-state index contributed by atoms with van der Waals surface area (Å²) in [4.78, 5) is 68.1. The number of carbonyl (C=O) groups excluding carboxylic acids is 4. The lowest BCUT2D eigenvalue weighted by Gasteiger charge is -2.27. The van der Waals surface area contributed by atoms with Crippen molar-refractivity contribution in [3.05, 3.63) is 72.6 Å². The van der Waals surface area contributed by atoms with Crippen molar-refractivity contribution in [1.29, 1.82) is 0 Å². The molecular weight excluding hydrogens is 628 g/mol. The number of hydrogen-bond acceptors (Lipinski definition) is 8. The van der Waals surface area contributed by atoms with Gasteiger partial charge in [0.2, 0.25) is 11.8 Å². The van der Waals surface area contributed by atoms with Crippen molar-refractivity contribution >= 4 is 24.0 Å². The Hall–Kier alpha value is -5.66. The topological polar surface area (TPSA) is 175 Å². The molecule has 14 heteroatoms. The summed E-state index contributed by atoms with van der Waals surface area (Å²) in [6, 6.07) is 16.1. The molecule has 4 N–H and O–H groups in total. The molecule has 256 valence electrons. The number of carbonyl (C=O) groups is 4. The van der Waals surface area contributed by atoms with Crippen LogP contribution < -0.4 is 10.6 Å². The first-order valence-electron chi connectivity index (χ1n) is 16.3. The van der Waals surface area contributed by atoms with Gasteiger partial charge in [0, 0.05) is 12.6 Å². The van der Waals surface area contributed by atoms with Crippen LogP contribution in [-0.2, 0) is 19.1 Å². The molecule has 6 rings (SSSR count). The molecule has 2 aromatic carbocycles. The minimum atomic E-state index is -0.640. The number of benzene rings is 2. The summed E-state index contributed by atoms with van der Waals surface area (Å²) in [6.45, 7) is 2.35.